The summed E-state index contributed by atoms with van der Waals surface area (Å²) in [4.78, 5) is 4.17. The summed E-state index contributed by atoms with van der Waals surface area (Å²) in [6.07, 6.45) is 4.35. The van der Waals surface area contributed by atoms with Crippen molar-refractivity contribution in [3.8, 4) is 0 Å². The Morgan fingerprint density at radius 2 is 2.50 bits per heavy atom. The van der Waals surface area contributed by atoms with Gasteiger partial charge in [-0.1, -0.05) is 21.9 Å². The van der Waals surface area contributed by atoms with E-state index in [9.17, 15) is 0 Å². The highest BCUT2D eigenvalue weighted by atomic mass is 35.5. The highest BCUT2D eigenvalue weighted by molar-refractivity contribution is 6.30. The van der Waals surface area contributed by atoms with Gasteiger partial charge in [0.15, 0.2) is 5.88 Å². The summed E-state index contributed by atoms with van der Waals surface area (Å²) in [5.74, 6) is 5.62. The third kappa shape index (κ3) is 3.63. The second-order valence-corrected chi connectivity index (χ2v) is 4.21. The van der Waals surface area contributed by atoms with Gasteiger partial charge in [-0.25, -0.2) is 4.99 Å². The SMILES string of the molecule is NN=NC1=N[C@@H](CCOC2=CC=C(Cl)CN2)CO1. The largest absolute Gasteiger partial charge is 0.479 e. The molecule has 0 bridgehead atoms. The van der Waals surface area contributed by atoms with Crippen LogP contribution in [0.3, 0.4) is 0 Å². The molecule has 2 heterocycles. The van der Waals surface area contributed by atoms with Crippen LogP contribution in [0, 0.1) is 0 Å². The summed E-state index contributed by atoms with van der Waals surface area (Å²) in [7, 11) is 0. The van der Waals surface area contributed by atoms with Gasteiger partial charge in [0, 0.05) is 11.5 Å². The van der Waals surface area contributed by atoms with E-state index in [1.807, 2.05) is 6.08 Å². The van der Waals surface area contributed by atoms with Crippen LogP contribution in [-0.2, 0) is 9.47 Å². The molecule has 0 saturated carbocycles. The molecular formula is C10H14ClN5O2. The molecule has 0 fully saturated rings. The molecule has 0 radical (unpaired) electrons. The number of hydrogen-bond acceptors (Lipinski definition) is 6. The first-order valence-electron chi connectivity index (χ1n) is 5.52. The van der Waals surface area contributed by atoms with Crippen molar-refractivity contribution in [1.29, 1.82) is 0 Å². The minimum atomic E-state index is 0.0359. The van der Waals surface area contributed by atoms with Crippen LogP contribution in [0.2, 0.25) is 0 Å². The lowest BCUT2D eigenvalue weighted by atomic mass is 10.2. The van der Waals surface area contributed by atoms with Crippen molar-refractivity contribution >= 4 is 17.6 Å². The van der Waals surface area contributed by atoms with Crippen molar-refractivity contribution in [3.05, 3.63) is 23.1 Å². The second-order valence-electron chi connectivity index (χ2n) is 3.73. The number of dihydropyridines is 1. The first kappa shape index (κ1) is 12.7. The monoisotopic (exact) mass is 271 g/mol. The van der Waals surface area contributed by atoms with Crippen LogP contribution in [0.15, 0.2) is 38.4 Å². The summed E-state index contributed by atoms with van der Waals surface area (Å²) in [6.45, 7) is 1.61. The van der Waals surface area contributed by atoms with E-state index >= 15 is 0 Å². The molecule has 0 saturated heterocycles. The topological polar surface area (TPSA) is 93.6 Å². The molecule has 0 aromatic rings. The zero-order valence-corrected chi connectivity index (χ0v) is 10.4. The third-order valence-corrected chi connectivity index (χ3v) is 2.66. The number of allylic oxidation sites excluding steroid dienone is 2. The molecule has 0 spiro atoms. The molecule has 7 nitrogen and oxygen atoms in total. The fourth-order valence-electron chi connectivity index (χ4n) is 1.51. The van der Waals surface area contributed by atoms with E-state index in [0.717, 1.165) is 11.5 Å². The van der Waals surface area contributed by atoms with Gasteiger partial charge in [0.25, 0.3) is 0 Å². The predicted octanol–water partition coefficient (Wildman–Crippen LogP) is 1.04. The van der Waals surface area contributed by atoms with Crippen LogP contribution < -0.4 is 11.2 Å². The number of ether oxygens (including phenoxy) is 2. The Balaban J connectivity index is 1.70. The van der Waals surface area contributed by atoms with Crippen molar-refractivity contribution in [2.75, 3.05) is 19.8 Å². The van der Waals surface area contributed by atoms with Crippen molar-refractivity contribution in [2.24, 2.45) is 21.2 Å². The summed E-state index contributed by atoms with van der Waals surface area (Å²) in [5.41, 5.74) is 0. The first-order chi connectivity index (χ1) is 8.78. The maximum absolute atomic E-state index is 5.80. The Hall–Kier alpha value is -1.76. The highest BCUT2D eigenvalue weighted by Crippen LogP contribution is 2.12. The number of nitrogens with two attached hydrogens (primary N) is 1. The molecule has 0 aromatic heterocycles. The Kier molecular flexibility index (Phi) is 4.40. The lowest BCUT2D eigenvalue weighted by Gasteiger charge is -2.15. The summed E-state index contributed by atoms with van der Waals surface area (Å²) < 4.78 is 10.7. The fourth-order valence-corrected chi connectivity index (χ4v) is 1.64. The molecule has 0 unspecified atom stereocenters. The quantitative estimate of drug-likeness (QED) is 0.454. The Morgan fingerprint density at radius 3 is 3.22 bits per heavy atom. The number of amidine groups is 1. The van der Waals surface area contributed by atoms with Gasteiger partial charge in [0.05, 0.1) is 19.2 Å². The zero-order chi connectivity index (χ0) is 12.8. The normalized spacial score (nSPS) is 22.9. The third-order valence-electron chi connectivity index (χ3n) is 2.40. The number of hydrogen-bond donors (Lipinski definition) is 2. The second kappa shape index (κ2) is 6.25. The van der Waals surface area contributed by atoms with E-state index in [1.54, 1.807) is 6.08 Å². The number of aliphatic imine (C=N–C) groups is 1. The average molecular weight is 272 g/mol. The van der Waals surface area contributed by atoms with E-state index in [-0.39, 0.29) is 12.1 Å². The zero-order valence-electron chi connectivity index (χ0n) is 9.67. The number of nitrogens with zero attached hydrogens (tertiary/aromatic N) is 3. The lowest BCUT2D eigenvalue weighted by Crippen LogP contribution is -2.21. The molecule has 8 heteroatoms. The van der Waals surface area contributed by atoms with Gasteiger partial charge >= 0.3 is 6.02 Å². The summed E-state index contributed by atoms with van der Waals surface area (Å²) in [5, 5.41) is 10.4. The molecule has 0 aromatic carbocycles. The number of halogens is 1. The number of rotatable bonds is 4. The van der Waals surface area contributed by atoms with E-state index in [4.69, 9.17) is 26.9 Å². The molecule has 0 amide bonds. The van der Waals surface area contributed by atoms with Crippen molar-refractivity contribution in [2.45, 2.75) is 12.5 Å². The van der Waals surface area contributed by atoms with Crippen molar-refractivity contribution in [1.82, 2.24) is 5.32 Å². The molecule has 18 heavy (non-hydrogen) atoms. The predicted molar refractivity (Wildman–Crippen MR) is 66.8 cm³/mol. The maximum atomic E-state index is 5.80. The van der Waals surface area contributed by atoms with Crippen LogP contribution in [0.25, 0.3) is 0 Å². The highest BCUT2D eigenvalue weighted by Gasteiger charge is 2.18. The van der Waals surface area contributed by atoms with Crippen LogP contribution in [0.1, 0.15) is 6.42 Å². The van der Waals surface area contributed by atoms with Gasteiger partial charge in [-0.2, -0.15) is 0 Å². The first-order valence-corrected chi connectivity index (χ1v) is 5.90. The molecular weight excluding hydrogens is 258 g/mol. The van der Waals surface area contributed by atoms with Gasteiger partial charge in [0.2, 0.25) is 0 Å². The van der Waals surface area contributed by atoms with Crippen molar-refractivity contribution < 1.29 is 9.47 Å². The van der Waals surface area contributed by atoms with Gasteiger partial charge in [0.1, 0.15) is 6.61 Å². The minimum Gasteiger partial charge on any atom is -0.479 e. The summed E-state index contributed by atoms with van der Waals surface area (Å²) >= 11 is 5.80. The Morgan fingerprint density at radius 1 is 1.61 bits per heavy atom. The molecule has 3 N–H and O–H groups in total. The van der Waals surface area contributed by atoms with Crippen LogP contribution >= 0.6 is 11.6 Å². The van der Waals surface area contributed by atoms with E-state index in [0.29, 0.717) is 25.6 Å². The van der Waals surface area contributed by atoms with Gasteiger partial charge in [-0.15, -0.1) is 0 Å². The molecule has 98 valence electrons. The van der Waals surface area contributed by atoms with Crippen LogP contribution in [0.5, 0.6) is 0 Å². The van der Waals surface area contributed by atoms with E-state index in [1.165, 1.54) is 0 Å². The molecule has 0 aliphatic carbocycles. The summed E-state index contributed by atoms with van der Waals surface area (Å²) in [6, 6.07) is 0.265. The molecule has 1 atom stereocenters. The van der Waals surface area contributed by atoms with Gasteiger partial charge in [-0.05, 0) is 12.2 Å². The van der Waals surface area contributed by atoms with Gasteiger partial charge < -0.3 is 20.6 Å². The lowest BCUT2D eigenvalue weighted by molar-refractivity contribution is 0.176. The smallest absolute Gasteiger partial charge is 0.332 e. The standard InChI is InChI=1S/C10H14ClN5O2/c11-7-1-2-9(13-5-7)17-4-3-8-6-18-10(14-8)15-16-12/h1-2,8,13H,3-6H2,(H2,12,14,15)/t8-/m0/s1. The minimum absolute atomic E-state index is 0.0359. The van der Waals surface area contributed by atoms with Crippen LogP contribution in [-0.4, -0.2) is 31.8 Å². The number of nitrogens with one attached hydrogen (secondary N) is 1. The molecule has 2 aliphatic heterocycles. The molecule has 2 aliphatic rings. The average Bonchev–Trinajstić information content (AvgIpc) is 2.80. The molecule has 2 rings (SSSR count). The Labute approximate surface area is 109 Å². The maximum Gasteiger partial charge on any atom is 0.332 e. The van der Waals surface area contributed by atoms with Gasteiger partial charge in [-0.3, -0.25) is 0 Å². The Bertz CT molecular complexity index is 418. The van der Waals surface area contributed by atoms with Crippen molar-refractivity contribution in [3.63, 3.8) is 0 Å². The van der Waals surface area contributed by atoms with Crippen LogP contribution in [0.4, 0.5) is 0 Å². The van der Waals surface area contributed by atoms with E-state index < -0.39 is 0 Å². The fraction of sp³-hybridized carbons (Fsp3) is 0.500. The van der Waals surface area contributed by atoms with E-state index in [2.05, 4.69) is 20.6 Å².